The fourth-order valence-corrected chi connectivity index (χ4v) is 2.72. The number of nitriles is 1. The van der Waals surface area contributed by atoms with Crippen molar-refractivity contribution in [3.63, 3.8) is 0 Å². The summed E-state index contributed by atoms with van der Waals surface area (Å²) in [4.78, 5) is 0. The van der Waals surface area contributed by atoms with Crippen LogP contribution >= 0.6 is 0 Å². The van der Waals surface area contributed by atoms with Gasteiger partial charge in [0.2, 0.25) is 0 Å². The highest BCUT2D eigenvalue weighted by Gasteiger charge is 2.36. The highest BCUT2D eigenvalue weighted by Crippen LogP contribution is 2.36. The number of rotatable bonds is 3. The highest BCUT2D eigenvalue weighted by atomic mass is 15.0. The first-order chi connectivity index (χ1) is 8.15. The quantitative estimate of drug-likeness (QED) is 0.852. The van der Waals surface area contributed by atoms with Crippen molar-refractivity contribution in [2.45, 2.75) is 45.1 Å². The van der Waals surface area contributed by atoms with Crippen molar-refractivity contribution in [1.29, 1.82) is 5.26 Å². The molecule has 1 aromatic carbocycles. The maximum atomic E-state index is 9.49. The first-order valence-corrected chi connectivity index (χ1v) is 6.41. The Kier molecular flexibility index (Phi) is 3.38. The zero-order valence-electron chi connectivity index (χ0n) is 10.7. The van der Waals surface area contributed by atoms with E-state index in [1.807, 2.05) is 19.1 Å². The van der Waals surface area contributed by atoms with Crippen LogP contribution in [0.15, 0.2) is 24.3 Å². The van der Waals surface area contributed by atoms with E-state index in [-0.39, 0.29) is 0 Å². The second kappa shape index (κ2) is 4.79. The molecule has 0 saturated heterocycles. The highest BCUT2D eigenvalue weighted by molar-refractivity contribution is 5.53. The Morgan fingerprint density at radius 2 is 1.94 bits per heavy atom. The Balaban J connectivity index is 2.20. The molecule has 1 aliphatic rings. The Bertz CT molecular complexity index is 427. The maximum absolute atomic E-state index is 9.49. The van der Waals surface area contributed by atoms with Gasteiger partial charge in [0.1, 0.15) is 5.54 Å². The number of nitrogens with zero attached hydrogens (tertiary/aromatic N) is 1. The summed E-state index contributed by atoms with van der Waals surface area (Å²) in [7, 11) is 0. The molecule has 1 aliphatic carbocycles. The van der Waals surface area contributed by atoms with Gasteiger partial charge in [-0.1, -0.05) is 31.0 Å². The topological polar surface area (TPSA) is 35.8 Å². The van der Waals surface area contributed by atoms with Crippen LogP contribution < -0.4 is 5.32 Å². The van der Waals surface area contributed by atoms with Crippen molar-refractivity contribution in [3.8, 4) is 6.07 Å². The van der Waals surface area contributed by atoms with E-state index in [1.54, 1.807) is 0 Å². The van der Waals surface area contributed by atoms with Crippen LogP contribution in [-0.2, 0) is 0 Å². The third kappa shape index (κ3) is 2.44. The van der Waals surface area contributed by atoms with Crippen LogP contribution in [0.1, 0.15) is 38.2 Å². The van der Waals surface area contributed by atoms with E-state index in [1.165, 1.54) is 31.2 Å². The van der Waals surface area contributed by atoms with Crippen LogP contribution in [0, 0.1) is 24.2 Å². The molecule has 2 heteroatoms. The molecule has 0 aliphatic heterocycles. The van der Waals surface area contributed by atoms with E-state index >= 15 is 0 Å². The predicted octanol–water partition coefficient (Wildman–Crippen LogP) is 3.88. The molecule has 1 fully saturated rings. The lowest BCUT2D eigenvalue weighted by Crippen LogP contribution is -2.40. The third-order valence-electron chi connectivity index (χ3n) is 3.94. The van der Waals surface area contributed by atoms with Crippen molar-refractivity contribution in [2.75, 3.05) is 5.32 Å². The molecule has 1 N–H and O–H groups in total. The van der Waals surface area contributed by atoms with Crippen molar-refractivity contribution in [1.82, 2.24) is 0 Å². The lowest BCUT2D eigenvalue weighted by atomic mass is 9.85. The average Bonchev–Trinajstić information content (AvgIpc) is 2.86. The summed E-state index contributed by atoms with van der Waals surface area (Å²) < 4.78 is 0. The van der Waals surface area contributed by atoms with E-state index in [2.05, 4.69) is 30.4 Å². The number of hydrogen-bond donors (Lipinski definition) is 1. The summed E-state index contributed by atoms with van der Waals surface area (Å²) in [5.74, 6) is 0.479. The van der Waals surface area contributed by atoms with Gasteiger partial charge in [0, 0.05) is 5.69 Å². The maximum Gasteiger partial charge on any atom is 0.125 e. The fourth-order valence-electron chi connectivity index (χ4n) is 2.72. The number of hydrogen-bond acceptors (Lipinski definition) is 2. The molecule has 0 spiro atoms. The molecule has 90 valence electrons. The minimum Gasteiger partial charge on any atom is -0.367 e. The van der Waals surface area contributed by atoms with Crippen LogP contribution in [0.3, 0.4) is 0 Å². The van der Waals surface area contributed by atoms with Crippen LogP contribution in [0.25, 0.3) is 0 Å². The van der Waals surface area contributed by atoms with Gasteiger partial charge in [0.15, 0.2) is 0 Å². The van der Waals surface area contributed by atoms with Gasteiger partial charge in [0.05, 0.1) is 6.07 Å². The molecule has 2 nitrogen and oxygen atoms in total. The molecular weight excluding hydrogens is 208 g/mol. The normalized spacial score (nSPS) is 19.6. The Morgan fingerprint density at radius 1 is 1.29 bits per heavy atom. The number of para-hydroxylation sites is 1. The molecule has 1 unspecified atom stereocenters. The van der Waals surface area contributed by atoms with Gasteiger partial charge < -0.3 is 5.32 Å². The van der Waals surface area contributed by atoms with Crippen LogP contribution in [-0.4, -0.2) is 5.54 Å². The van der Waals surface area contributed by atoms with Crippen LogP contribution in [0.5, 0.6) is 0 Å². The van der Waals surface area contributed by atoms with Crippen LogP contribution in [0.4, 0.5) is 5.69 Å². The standard InChI is InChI=1S/C15H20N2/c1-12-7-3-6-10-14(12)17-15(2,11-16)13-8-4-5-9-13/h3,6-7,10,13,17H,4-5,8-9H2,1-2H3. The Hall–Kier alpha value is -1.49. The van der Waals surface area contributed by atoms with E-state index in [4.69, 9.17) is 0 Å². The minimum atomic E-state index is -0.428. The molecule has 0 amide bonds. The van der Waals surface area contributed by atoms with Gasteiger partial charge in [-0.05, 0) is 44.2 Å². The van der Waals surface area contributed by atoms with Gasteiger partial charge in [-0.25, -0.2) is 0 Å². The van der Waals surface area contributed by atoms with Gasteiger partial charge in [-0.3, -0.25) is 0 Å². The zero-order valence-corrected chi connectivity index (χ0v) is 10.7. The van der Waals surface area contributed by atoms with E-state index in [9.17, 15) is 5.26 Å². The number of aryl methyl sites for hydroxylation is 1. The van der Waals surface area contributed by atoms with Gasteiger partial charge >= 0.3 is 0 Å². The fraction of sp³-hybridized carbons (Fsp3) is 0.533. The van der Waals surface area contributed by atoms with Crippen molar-refractivity contribution in [2.24, 2.45) is 5.92 Å². The lowest BCUT2D eigenvalue weighted by molar-refractivity contribution is 0.404. The minimum absolute atomic E-state index is 0.428. The summed E-state index contributed by atoms with van der Waals surface area (Å²) in [6.45, 7) is 4.12. The lowest BCUT2D eigenvalue weighted by Gasteiger charge is -2.31. The van der Waals surface area contributed by atoms with E-state index in [0.29, 0.717) is 5.92 Å². The smallest absolute Gasteiger partial charge is 0.125 e. The summed E-state index contributed by atoms with van der Waals surface area (Å²) >= 11 is 0. The Morgan fingerprint density at radius 3 is 2.53 bits per heavy atom. The molecule has 17 heavy (non-hydrogen) atoms. The van der Waals surface area contributed by atoms with Gasteiger partial charge in [-0.2, -0.15) is 5.26 Å². The summed E-state index contributed by atoms with van der Waals surface area (Å²) in [5.41, 5.74) is 1.86. The summed E-state index contributed by atoms with van der Waals surface area (Å²) in [6, 6.07) is 10.7. The molecule has 1 atom stereocenters. The van der Waals surface area contributed by atoms with E-state index < -0.39 is 5.54 Å². The van der Waals surface area contributed by atoms with Gasteiger partial charge in [-0.15, -0.1) is 0 Å². The second-order valence-electron chi connectivity index (χ2n) is 5.24. The monoisotopic (exact) mass is 228 g/mol. The number of benzene rings is 1. The molecule has 0 aromatic heterocycles. The largest absolute Gasteiger partial charge is 0.367 e. The zero-order chi connectivity index (χ0) is 12.3. The molecule has 1 aromatic rings. The molecule has 0 heterocycles. The van der Waals surface area contributed by atoms with Crippen molar-refractivity contribution >= 4 is 5.69 Å². The first kappa shape index (κ1) is 12.0. The van der Waals surface area contributed by atoms with Crippen molar-refractivity contribution < 1.29 is 0 Å². The van der Waals surface area contributed by atoms with Gasteiger partial charge in [0.25, 0.3) is 0 Å². The summed E-state index contributed by atoms with van der Waals surface area (Å²) in [5, 5.41) is 12.9. The van der Waals surface area contributed by atoms with Crippen LogP contribution in [0.2, 0.25) is 0 Å². The van der Waals surface area contributed by atoms with E-state index in [0.717, 1.165) is 5.69 Å². The first-order valence-electron chi connectivity index (χ1n) is 6.41. The molecular formula is C15H20N2. The summed E-state index contributed by atoms with van der Waals surface area (Å²) in [6.07, 6.45) is 4.86. The number of nitrogens with one attached hydrogen (secondary N) is 1. The molecule has 1 saturated carbocycles. The van der Waals surface area contributed by atoms with Crippen molar-refractivity contribution in [3.05, 3.63) is 29.8 Å². The molecule has 2 rings (SSSR count). The third-order valence-corrected chi connectivity index (χ3v) is 3.94. The SMILES string of the molecule is Cc1ccccc1NC(C)(C#N)C1CCCC1. The number of anilines is 1. The second-order valence-corrected chi connectivity index (χ2v) is 5.24. The Labute approximate surface area is 104 Å². The predicted molar refractivity (Wildman–Crippen MR) is 70.8 cm³/mol. The average molecular weight is 228 g/mol. The molecule has 0 bridgehead atoms. The molecule has 0 radical (unpaired) electrons.